The zero-order valence-electron chi connectivity index (χ0n) is 10.2. The predicted molar refractivity (Wildman–Crippen MR) is 66.0 cm³/mol. The Kier molecular flexibility index (Phi) is 3.62. The summed E-state index contributed by atoms with van der Waals surface area (Å²) < 4.78 is 19.1. The van der Waals surface area contributed by atoms with E-state index in [1.54, 1.807) is 13.0 Å². The van der Waals surface area contributed by atoms with E-state index in [0.717, 1.165) is 6.07 Å². The minimum absolute atomic E-state index is 0.125. The number of furan rings is 1. The Bertz CT molecular complexity index is 608. The second kappa shape index (κ2) is 5.19. The van der Waals surface area contributed by atoms with Crippen molar-refractivity contribution in [3.8, 4) is 11.3 Å². The van der Waals surface area contributed by atoms with E-state index in [2.05, 4.69) is 0 Å². The summed E-state index contributed by atoms with van der Waals surface area (Å²) in [4.78, 5) is 9.85. The normalized spacial score (nSPS) is 12.4. The highest BCUT2D eigenvalue weighted by Crippen LogP contribution is 2.30. The van der Waals surface area contributed by atoms with Gasteiger partial charge in [-0.1, -0.05) is 6.92 Å². The van der Waals surface area contributed by atoms with E-state index in [4.69, 9.17) is 4.42 Å². The third kappa shape index (κ3) is 2.63. The summed E-state index contributed by atoms with van der Waals surface area (Å²) in [6.07, 6.45) is -0.259. The highest BCUT2D eigenvalue weighted by molar-refractivity contribution is 5.60. The highest BCUT2D eigenvalue weighted by Gasteiger charge is 2.16. The van der Waals surface area contributed by atoms with Crippen molar-refractivity contribution in [2.75, 3.05) is 0 Å². The fourth-order valence-electron chi connectivity index (χ4n) is 1.70. The van der Waals surface area contributed by atoms with Crippen molar-refractivity contribution in [2.45, 2.75) is 19.4 Å². The van der Waals surface area contributed by atoms with E-state index in [1.807, 2.05) is 0 Å². The van der Waals surface area contributed by atoms with Crippen LogP contribution >= 0.6 is 0 Å². The van der Waals surface area contributed by atoms with Crippen molar-refractivity contribution >= 4 is 5.69 Å². The SMILES string of the molecule is CCC(O)c1ccc(-c2ccc([N+](=O)[O-])cc2F)o1. The summed E-state index contributed by atoms with van der Waals surface area (Å²) >= 11 is 0. The van der Waals surface area contributed by atoms with Crippen molar-refractivity contribution in [1.29, 1.82) is 0 Å². The van der Waals surface area contributed by atoms with Crippen LogP contribution in [0, 0.1) is 15.9 Å². The molecule has 1 N–H and O–H groups in total. The van der Waals surface area contributed by atoms with Crippen molar-refractivity contribution in [3.63, 3.8) is 0 Å². The van der Waals surface area contributed by atoms with E-state index in [-0.39, 0.29) is 17.0 Å². The lowest BCUT2D eigenvalue weighted by Gasteiger charge is -2.03. The molecule has 1 heterocycles. The van der Waals surface area contributed by atoms with Crippen molar-refractivity contribution in [3.05, 3.63) is 52.0 Å². The van der Waals surface area contributed by atoms with Gasteiger partial charge in [-0.2, -0.15) is 0 Å². The third-order valence-electron chi connectivity index (χ3n) is 2.77. The molecule has 6 heteroatoms. The molecule has 1 aromatic heterocycles. The van der Waals surface area contributed by atoms with Crippen LogP contribution in [0.2, 0.25) is 0 Å². The summed E-state index contributed by atoms with van der Waals surface area (Å²) in [6, 6.07) is 6.42. The molecule has 0 fully saturated rings. The van der Waals surface area contributed by atoms with Gasteiger partial charge < -0.3 is 9.52 Å². The molecule has 5 nitrogen and oxygen atoms in total. The van der Waals surface area contributed by atoms with Gasteiger partial charge in [0.05, 0.1) is 16.6 Å². The standard InChI is InChI=1S/C13H12FNO4/c1-2-11(16)13-6-5-12(19-13)9-4-3-8(15(17)18)7-10(9)14/h3-7,11,16H,2H2,1H3. The summed E-state index contributed by atoms with van der Waals surface area (Å²) in [7, 11) is 0. The third-order valence-corrected chi connectivity index (χ3v) is 2.77. The first-order valence-corrected chi connectivity index (χ1v) is 5.75. The lowest BCUT2D eigenvalue weighted by Crippen LogP contribution is -1.92. The number of benzene rings is 1. The van der Waals surface area contributed by atoms with Crippen molar-refractivity contribution in [2.24, 2.45) is 0 Å². The van der Waals surface area contributed by atoms with Crippen LogP contribution < -0.4 is 0 Å². The molecule has 0 radical (unpaired) electrons. The molecule has 0 aliphatic rings. The fraction of sp³-hybridized carbons (Fsp3) is 0.231. The van der Waals surface area contributed by atoms with Crippen molar-refractivity contribution < 1.29 is 18.8 Å². The van der Waals surface area contributed by atoms with Gasteiger partial charge in [0.1, 0.15) is 23.4 Å². The van der Waals surface area contributed by atoms with Crippen LogP contribution in [-0.4, -0.2) is 10.0 Å². The van der Waals surface area contributed by atoms with E-state index >= 15 is 0 Å². The van der Waals surface area contributed by atoms with Gasteiger partial charge in [0.2, 0.25) is 0 Å². The Morgan fingerprint density at radius 1 is 1.42 bits per heavy atom. The Labute approximate surface area is 108 Å². The molecule has 1 unspecified atom stereocenters. The number of nitrogens with zero attached hydrogens (tertiary/aromatic N) is 1. The lowest BCUT2D eigenvalue weighted by atomic mass is 10.1. The average molecular weight is 265 g/mol. The summed E-state index contributed by atoms with van der Waals surface area (Å²) in [6.45, 7) is 1.79. The molecular formula is C13H12FNO4. The number of hydrogen-bond acceptors (Lipinski definition) is 4. The van der Waals surface area contributed by atoms with E-state index in [1.165, 1.54) is 18.2 Å². The van der Waals surface area contributed by atoms with Crippen LogP contribution in [0.5, 0.6) is 0 Å². The summed E-state index contributed by atoms with van der Waals surface area (Å²) in [5.74, 6) is -0.161. The maximum atomic E-state index is 13.8. The molecule has 0 saturated carbocycles. The predicted octanol–water partition coefficient (Wildman–Crippen LogP) is 3.44. The minimum Gasteiger partial charge on any atom is -0.458 e. The Balaban J connectivity index is 2.37. The zero-order valence-corrected chi connectivity index (χ0v) is 10.2. The summed E-state index contributed by atoms with van der Waals surface area (Å²) in [5, 5.41) is 20.1. The van der Waals surface area contributed by atoms with Crippen molar-refractivity contribution in [1.82, 2.24) is 0 Å². The molecule has 0 amide bonds. The van der Waals surface area contributed by atoms with Gasteiger partial charge in [-0.05, 0) is 24.6 Å². The lowest BCUT2D eigenvalue weighted by molar-refractivity contribution is -0.385. The monoisotopic (exact) mass is 265 g/mol. The molecule has 0 aliphatic heterocycles. The Hall–Kier alpha value is -2.21. The fourth-order valence-corrected chi connectivity index (χ4v) is 1.70. The van der Waals surface area contributed by atoms with Gasteiger partial charge >= 0.3 is 0 Å². The van der Waals surface area contributed by atoms with Crippen LogP contribution in [0.25, 0.3) is 11.3 Å². The maximum Gasteiger partial charge on any atom is 0.272 e. The second-order valence-corrected chi connectivity index (χ2v) is 4.05. The number of nitro groups is 1. The summed E-state index contributed by atoms with van der Waals surface area (Å²) in [5.41, 5.74) is -0.193. The number of non-ortho nitro benzene ring substituents is 1. The molecule has 1 atom stereocenters. The average Bonchev–Trinajstić information content (AvgIpc) is 2.87. The van der Waals surface area contributed by atoms with Gasteiger partial charge in [-0.25, -0.2) is 4.39 Å². The zero-order chi connectivity index (χ0) is 14.0. The van der Waals surface area contributed by atoms with Crippen LogP contribution in [-0.2, 0) is 0 Å². The first kappa shape index (κ1) is 13.2. The Morgan fingerprint density at radius 3 is 2.74 bits per heavy atom. The van der Waals surface area contributed by atoms with E-state index in [9.17, 15) is 19.6 Å². The largest absolute Gasteiger partial charge is 0.458 e. The molecule has 0 bridgehead atoms. The molecule has 2 aromatic rings. The molecule has 1 aromatic carbocycles. The van der Waals surface area contributed by atoms with Crippen LogP contribution in [0.1, 0.15) is 25.2 Å². The van der Waals surface area contributed by atoms with Gasteiger partial charge in [-0.3, -0.25) is 10.1 Å². The van der Waals surface area contributed by atoms with Gasteiger partial charge in [-0.15, -0.1) is 0 Å². The topological polar surface area (TPSA) is 76.5 Å². The second-order valence-electron chi connectivity index (χ2n) is 4.05. The molecular weight excluding hydrogens is 253 g/mol. The number of aliphatic hydroxyl groups is 1. The first-order chi connectivity index (χ1) is 9.02. The smallest absolute Gasteiger partial charge is 0.272 e. The number of nitro benzene ring substituents is 1. The quantitative estimate of drug-likeness (QED) is 0.678. The van der Waals surface area contributed by atoms with E-state index < -0.39 is 16.8 Å². The van der Waals surface area contributed by atoms with Crippen LogP contribution in [0.3, 0.4) is 0 Å². The Morgan fingerprint density at radius 2 is 2.16 bits per heavy atom. The van der Waals surface area contributed by atoms with Gasteiger partial charge in [0.25, 0.3) is 5.69 Å². The number of aliphatic hydroxyl groups excluding tert-OH is 1. The van der Waals surface area contributed by atoms with Gasteiger partial charge in [0, 0.05) is 6.07 Å². The molecule has 0 saturated heterocycles. The number of hydrogen-bond donors (Lipinski definition) is 1. The molecule has 2 rings (SSSR count). The molecule has 100 valence electrons. The number of halogens is 1. The van der Waals surface area contributed by atoms with E-state index in [0.29, 0.717) is 12.2 Å². The van der Waals surface area contributed by atoms with Crippen LogP contribution in [0.4, 0.5) is 10.1 Å². The van der Waals surface area contributed by atoms with Gasteiger partial charge in [0.15, 0.2) is 0 Å². The first-order valence-electron chi connectivity index (χ1n) is 5.75. The minimum atomic E-state index is -0.741. The van der Waals surface area contributed by atoms with Crippen LogP contribution in [0.15, 0.2) is 34.7 Å². The molecule has 0 spiro atoms. The molecule has 19 heavy (non-hydrogen) atoms. The number of rotatable bonds is 4. The highest BCUT2D eigenvalue weighted by atomic mass is 19.1. The maximum absolute atomic E-state index is 13.8. The molecule has 0 aliphatic carbocycles.